The summed E-state index contributed by atoms with van der Waals surface area (Å²) in [6.07, 6.45) is 0. The Hall–Kier alpha value is -6.62. The van der Waals surface area contributed by atoms with Crippen LogP contribution in [0.1, 0.15) is 81.5 Å². The minimum atomic E-state index is 0.270. The molecule has 0 aliphatic carbocycles. The third-order valence-electron chi connectivity index (χ3n) is 11.0. The van der Waals surface area contributed by atoms with Crippen molar-refractivity contribution in [1.82, 2.24) is 0 Å². The lowest BCUT2D eigenvalue weighted by Gasteiger charge is -2.31. The van der Waals surface area contributed by atoms with Crippen LogP contribution >= 0.6 is 0 Å². The highest BCUT2D eigenvalue weighted by Gasteiger charge is 2.24. The molecule has 0 fully saturated rings. The average molecular weight is 713 g/mol. The zero-order valence-corrected chi connectivity index (χ0v) is 32.3. The first-order valence-corrected chi connectivity index (χ1v) is 19.2. The molecule has 55 heavy (non-hydrogen) atoms. The molecule has 0 aliphatic rings. The largest absolute Gasteiger partial charge is 0.310 e. The lowest BCUT2D eigenvalue weighted by molar-refractivity contribution is 0.866. The van der Waals surface area contributed by atoms with E-state index in [0.717, 1.165) is 39.5 Å². The molecule has 8 aromatic carbocycles. The summed E-state index contributed by atoms with van der Waals surface area (Å²) in [5.41, 5.74) is 11.5. The van der Waals surface area contributed by atoms with Gasteiger partial charge in [0.05, 0.1) is 29.6 Å². The van der Waals surface area contributed by atoms with Crippen LogP contribution < -0.4 is 9.80 Å². The fraction of sp³-hybridized carbons (Fsp3) is 0.176. The Morgan fingerprint density at radius 1 is 0.491 bits per heavy atom. The van der Waals surface area contributed by atoms with E-state index in [2.05, 4.69) is 165 Å². The molecule has 0 aliphatic heterocycles. The van der Waals surface area contributed by atoms with Gasteiger partial charge in [-0.3, -0.25) is 0 Å². The van der Waals surface area contributed by atoms with E-state index >= 15 is 0 Å². The number of rotatable bonds is 9. The van der Waals surface area contributed by atoms with Gasteiger partial charge in [0, 0.05) is 33.5 Å². The molecule has 4 nitrogen and oxygen atoms in total. The standard InChI is InChI=1S/C51H44N4/c1-32(2)36-10-20-41(21-11-36)54(40-18-8-35(31-52)9-19-40)48-29-15-38-14-26-46-49(30-47(34(5)6)44-27-28-45(48)50(38)51(44)46)55(43-24-16-39(53-7)17-25-43)42-22-12-37(13-23-42)33(3)4/h8-30,32-34H,1-6H3. The van der Waals surface area contributed by atoms with E-state index < -0.39 is 0 Å². The van der Waals surface area contributed by atoms with Gasteiger partial charge < -0.3 is 9.80 Å². The predicted octanol–water partition coefficient (Wildman–Crippen LogP) is 15.3. The lowest BCUT2D eigenvalue weighted by atomic mass is 9.86. The smallest absolute Gasteiger partial charge is 0.187 e. The maximum atomic E-state index is 9.63. The number of benzene rings is 8. The van der Waals surface area contributed by atoms with Crippen molar-refractivity contribution in [1.29, 1.82) is 5.26 Å². The number of anilines is 6. The van der Waals surface area contributed by atoms with Crippen LogP contribution in [0.5, 0.6) is 0 Å². The molecular formula is C51H44N4. The van der Waals surface area contributed by atoms with E-state index in [1.165, 1.54) is 43.6 Å². The summed E-state index contributed by atoms with van der Waals surface area (Å²) in [5.74, 6) is 1.12. The number of nitrogens with zero attached hydrogens (tertiary/aromatic N) is 4. The van der Waals surface area contributed by atoms with Crippen LogP contribution in [-0.2, 0) is 0 Å². The van der Waals surface area contributed by atoms with E-state index in [0.29, 0.717) is 23.1 Å². The molecule has 0 bridgehead atoms. The lowest BCUT2D eigenvalue weighted by Crippen LogP contribution is -2.12. The quantitative estimate of drug-likeness (QED) is 0.110. The molecule has 8 aromatic rings. The van der Waals surface area contributed by atoms with Crippen molar-refractivity contribution in [3.05, 3.63) is 173 Å². The van der Waals surface area contributed by atoms with Crippen molar-refractivity contribution < 1.29 is 0 Å². The maximum Gasteiger partial charge on any atom is 0.187 e. The average Bonchev–Trinajstić information content (AvgIpc) is 3.21. The Kier molecular flexibility index (Phi) is 9.22. The molecule has 0 spiro atoms. The van der Waals surface area contributed by atoms with Crippen LogP contribution in [0.3, 0.4) is 0 Å². The van der Waals surface area contributed by atoms with Crippen LogP contribution in [0.2, 0.25) is 0 Å². The summed E-state index contributed by atoms with van der Waals surface area (Å²) in [5, 5.41) is 16.9. The summed E-state index contributed by atoms with van der Waals surface area (Å²) in [6, 6.07) is 51.9. The Bertz CT molecular complexity index is 2730. The van der Waals surface area contributed by atoms with Crippen LogP contribution in [0, 0.1) is 17.9 Å². The van der Waals surface area contributed by atoms with Gasteiger partial charge in [-0.2, -0.15) is 5.26 Å². The first-order valence-electron chi connectivity index (χ1n) is 19.2. The molecule has 0 saturated heterocycles. The first kappa shape index (κ1) is 35.4. The predicted molar refractivity (Wildman–Crippen MR) is 233 cm³/mol. The van der Waals surface area contributed by atoms with Gasteiger partial charge in [-0.1, -0.05) is 108 Å². The van der Waals surface area contributed by atoms with Gasteiger partial charge >= 0.3 is 0 Å². The number of hydrogen-bond donors (Lipinski definition) is 0. The molecule has 0 atom stereocenters. The maximum absolute atomic E-state index is 9.63. The summed E-state index contributed by atoms with van der Waals surface area (Å²) >= 11 is 0. The van der Waals surface area contributed by atoms with Crippen molar-refractivity contribution in [3.63, 3.8) is 0 Å². The Labute approximate surface area is 324 Å². The first-order chi connectivity index (χ1) is 26.7. The summed E-state index contributed by atoms with van der Waals surface area (Å²) in [7, 11) is 0. The molecule has 0 heterocycles. The van der Waals surface area contributed by atoms with E-state index in [9.17, 15) is 5.26 Å². The second-order valence-corrected chi connectivity index (χ2v) is 15.4. The van der Waals surface area contributed by atoms with Crippen molar-refractivity contribution >= 4 is 72.1 Å². The normalized spacial score (nSPS) is 11.5. The minimum Gasteiger partial charge on any atom is -0.310 e. The molecule has 268 valence electrons. The van der Waals surface area contributed by atoms with Gasteiger partial charge in [0.25, 0.3) is 0 Å². The van der Waals surface area contributed by atoms with Gasteiger partial charge in [-0.25, -0.2) is 4.85 Å². The Balaban J connectivity index is 1.42. The van der Waals surface area contributed by atoms with Crippen molar-refractivity contribution in [3.8, 4) is 6.07 Å². The van der Waals surface area contributed by atoms with E-state index in [1.807, 2.05) is 36.4 Å². The zero-order chi connectivity index (χ0) is 38.4. The molecule has 0 N–H and O–H groups in total. The van der Waals surface area contributed by atoms with Crippen LogP contribution in [0.4, 0.5) is 39.8 Å². The zero-order valence-electron chi connectivity index (χ0n) is 32.3. The molecule has 0 saturated carbocycles. The second-order valence-electron chi connectivity index (χ2n) is 15.4. The fourth-order valence-corrected chi connectivity index (χ4v) is 7.98. The molecule has 0 aromatic heterocycles. The van der Waals surface area contributed by atoms with Gasteiger partial charge in [0.1, 0.15) is 0 Å². The monoisotopic (exact) mass is 712 g/mol. The molecule has 4 heteroatoms. The minimum absolute atomic E-state index is 0.270. The topological polar surface area (TPSA) is 34.6 Å². The highest BCUT2D eigenvalue weighted by atomic mass is 15.1. The van der Waals surface area contributed by atoms with Crippen LogP contribution in [-0.4, -0.2) is 0 Å². The molecule has 0 amide bonds. The number of hydrogen-bond acceptors (Lipinski definition) is 3. The van der Waals surface area contributed by atoms with E-state index in [1.54, 1.807) is 0 Å². The van der Waals surface area contributed by atoms with Gasteiger partial charge in [0.2, 0.25) is 0 Å². The van der Waals surface area contributed by atoms with Crippen LogP contribution in [0.25, 0.3) is 37.2 Å². The van der Waals surface area contributed by atoms with Crippen LogP contribution in [0.15, 0.2) is 140 Å². The molecule has 0 radical (unpaired) electrons. The SMILES string of the molecule is [C-]#[N+]c1ccc(N(c2ccc(C(C)C)cc2)c2cc(C(C)C)c3ccc4c(N(c5ccc(C#N)cc5)c5ccc(C(C)C)cc5)ccc5ccc2c3c54)cc1. The number of nitriles is 1. The van der Waals surface area contributed by atoms with E-state index in [-0.39, 0.29) is 5.92 Å². The van der Waals surface area contributed by atoms with Crippen molar-refractivity contribution in [2.24, 2.45) is 0 Å². The molecule has 8 rings (SSSR count). The molecular weight excluding hydrogens is 669 g/mol. The Morgan fingerprint density at radius 2 is 0.945 bits per heavy atom. The third-order valence-corrected chi connectivity index (χ3v) is 11.0. The summed E-state index contributed by atoms with van der Waals surface area (Å²) in [4.78, 5) is 8.37. The van der Waals surface area contributed by atoms with Gasteiger partial charge in [-0.05, 0) is 129 Å². The van der Waals surface area contributed by atoms with E-state index in [4.69, 9.17) is 6.57 Å². The summed E-state index contributed by atoms with van der Waals surface area (Å²) < 4.78 is 0. The van der Waals surface area contributed by atoms with Crippen molar-refractivity contribution in [2.75, 3.05) is 9.80 Å². The highest BCUT2D eigenvalue weighted by Crippen LogP contribution is 2.49. The van der Waals surface area contributed by atoms with Crippen molar-refractivity contribution in [2.45, 2.75) is 59.3 Å². The Morgan fingerprint density at radius 3 is 1.45 bits per heavy atom. The third kappa shape index (κ3) is 6.31. The molecule has 0 unspecified atom stereocenters. The summed E-state index contributed by atoms with van der Waals surface area (Å²) in [6.45, 7) is 21.1. The van der Waals surface area contributed by atoms with Gasteiger partial charge in [0.15, 0.2) is 5.69 Å². The van der Waals surface area contributed by atoms with Gasteiger partial charge in [-0.15, -0.1) is 0 Å². The second kappa shape index (κ2) is 14.3. The highest BCUT2D eigenvalue weighted by molar-refractivity contribution is 6.28. The fourth-order valence-electron chi connectivity index (χ4n) is 7.98.